The van der Waals surface area contributed by atoms with Crippen molar-refractivity contribution in [1.29, 1.82) is 0 Å². The fourth-order valence-electron chi connectivity index (χ4n) is 2.49. The normalized spacial score (nSPS) is 24.8. The van der Waals surface area contributed by atoms with E-state index in [-0.39, 0.29) is 25.6 Å². The quantitative estimate of drug-likeness (QED) is 0.477. The van der Waals surface area contributed by atoms with Crippen LogP contribution in [0.15, 0.2) is 34.6 Å². The van der Waals surface area contributed by atoms with Crippen LogP contribution in [0.2, 0.25) is 0 Å². The van der Waals surface area contributed by atoms with Crippen LogP contribution in [0, 0.1) is 0 Å². The highest BCUT2D eigenvalue weighted by molar-refractivity contribution is 9.14. The van der Waals surface area contributed by atoms with Gasteiger partial charge >= 0.3 is 5.69 Å². The van der Waals surface area contributed by atoms with Crippen molar-refractivity contribution >= 4 is 71.5 Å². The molecule has 1 fully saturated rings. The molecule has 13 heteroatoms. The van der Waals surface area contributed by atoms with Crippen molar-refractivity contribution in [1.82, 2.24) is 9.55 Å². The van der Waals surface area contributed by atoms with Gasteiger partial charge < -0.3 is 19.7 Å². The average Bonchev–Trinajstić information content (AvgIpc) is 3.00. The fraction of sp³-hybridized carbons (Fsp3) is 0.429. The number of aromatic nitrogens is 2. The summed E-state index contributed by atoms with van der Waals surface area (Å²) in [6.07, 6.45) is -3.28. The minimum Gasteiger partial charge on any atom is -0.387 e. The molecular weight excluding hydrogens is 599 g/mol. The van der Waals surface area contributed by atoms with Gasteiger partial charge in [-0.2, -0.15) is 0 Å². The van der Waals surface area contributed by atoms with Crippen molar-refractivity contribution in [3.05, 3.63) is 50.7 Å². The zero-order valence-corrected chi connectivity index (χ0v) is 19.7. The Bertz CT molecular complexity index is 919. The molecule has 0 saturated carbocycles. The molecule has 150 valence electrons. The van der Waals surface area contributed by atoms with Crippen molar-refractivity contribution in [3.63, 3.8) is 0 Å². The van der Waals surface area contributed by atoms with Gasteiger partial charge in [0.25, 0.3) is 5.56 Å². The molecule has 0 amide bonds. The number of thiophene rings is 1. The van der Waals surface area contributed by atoms with Gasteiger partial charge in [-0.05, 0) is 47.8 Å². The van der Waals surface area contributed by atoms with Crippen LogP contribution in [0.3, 0.4) is 0 Å². The van der Waals surface area contributed by atoms with Gasteiger partial charge in [0.15, 0.2) is 6.23 Å². The lowest BCUT2D eigenvalue weighted by Gasteiger charge is -2.16. The lowest BCUT2D eigenvalue weighted by Crippen LogP contribution is -2.37. The van der Waals surface area contributed by atoms with Crippen LogP contribution < -0.4 is 11.2 Å². The zero-order chi connectivity index (χ0) is 19.0. The van der Waals surface area contributed by atoms with Gasteiger partial charge in [0.1, 0.15) is 18.3 Å². The summed E-state index contributed by atoms with van der Waals surface area (Å²) in [6.45, 7) is 0.299. The largest absolute Gasteiger partial charge is 0.387 e. The van der Waals surface area contributed by atoms with E-state index in [1.54, 1.807) is 0 Å². The number of ether oxygens (including phenoxy) is 2. The van der Waals surface area contributed by atoms with Gasteiger partial charge in [0.05, 0.1) is 21.5 Å². The number of hydrogen-bond donors (Lipinski definition) is 3. The van der Waals surface area contributed by atoms with Gasteiger partial charge in [-0.1, -0.05) is 0 Å². The first-order valence-corrected chi connectivity index (χ1v) is 10.5. The van der Waals surface area contributed by atoms with E-state index in [2.05, 4.69) is 52.8 Å². The van der Waals surface area contributed by atoms with Crippen molar-refractivity contribution in [2.75, 3.05) is 6.61 Å². The highest BCUT2D eigenvalue weighted by atomic mass is 79.9. The topological polar surface area (TPSA) is 114 Å². The number of halogens is 4. The van der Waals surface area contributed by atoms with Crippen LogP contribution in [-0.2, 0) is 16.1 Å². The molecule has 3 heterocycles. The number of aliphatic hydroxyl groups excluding tert-OH is 2. The number of nitrogens with one attached hydrogen (secondary N) is 1. The van der Waals surface area contributed by atoms with Crippen molar-refractivity contribution in [2.45, 2.75) is 31.1 Å². The number of aromatic amines is 1. The molecular formula is C14H14Br3ClN2O6S. The van der Waals surface area contributed by atoms with E-state index >= 15 is 0 Å². The Morgan fingerprint density at radius 1 is 1.22 bits per heavy atom. The second-order valence-corrected chi connectivity index (χ2v) is 9.51. The monoisotopic (exact) mass is 610 g/mol. The van der Waals surface area contributed by atoms with E-state index in [9.17, 15) is 19.8 Å². The maximum Gasteiger partial charge on any atom is 0.330 e. The first-order chi connectivity index (χ1) is 12.3. The molecule has 3 rings (SSSR count). The van der Waals surface area contributed by atoms with E-state index in [4.69, 9.17) is 9.47 Å². The maximum atomic E-state index is 11.8. The lowest BCUT2D eigenvalue weighted by atomic mass is 10.1. The molecule has 2 aromatic heterocycles. The van der Waals surface area contributed by atoms with Crippen LogP contribution in [-0.4, -0.2) is 44.7 Å². The van der Waals surface area contributed by atoms with Gasteiger partial charge in [-0.3, -0.25) is 14.3 Å². The Hall–Kier alpha value is -0.0500. The van der Waals surface area contributed by atoms with Crippen LogP contribution in [0.4, 0.5) is 0 Å². The maximum absolute atomic E-state index is 11.8. The first-order valence-electron chi connectivity index (χ1n) is 7.32. The molecule has 0 spiro atoms. The van der Waals surface area contributed by atoms with E-state index in [1.165, 1.54) is 17.5 Å². The Morgan fingerprint density at radius 3 is 2.52 bits per heavy atom. The number of nitrogens with zero attached hydrogens (tertiary/aromatic N) is 1. The highest BCUT2D eigenvalue weighted by Gasteiger charge is 2.44. The number of hydrogen-bond acceptors (Lipinski definition) is 7. The fourth-order valence-corrected chi connectivity index (χ4v) is 5.58. The van der Waals surface area contributed by atoms with Crippen molar-refractivity contribution in [3.8, 4) is 0 Å². The molecule has 0 unspecified atom stereocenters. The summed E-state index contributed by atoms with van der Waals surface area (Å²) >= 11 is 11.8. The predicted molar refractivity (Wildman–Crippen MR) is 112 cm³/mol. The number of aliphatic hydroxyl groups is 2. The molecule has 0 radical (unpaired) electrons. The molecule has 8 nitrogen and oxygen atoms in total. The Morgan fingerprint density at radius 2 is 1.93 bits per heavy atom. The van der Waals surface area contributed by atoms with Crippen LogP contribution in [0.5, 0.6) is 0 Å². The summed E-state index contributed by atoms with van der Waals surface area (Å²) in [6, 6.07) is 1.14. The smallest absolute Gasteiger partial charge is 0.330 e. The predicted octanol–water partition coefficient (Wildman–Crippen LogP) is 2.14. The second kappa shape index (κ2) is 9.63. The second-order valence-electron chi connectivity index (χ2n) is 5.51. The van der Waals surface area contributed by atoms with Crippen molar-refractivity contribution in [2.24, 2.45) is 0 Å². The average molecular weight is 614 g/mol. The Labute approximate surface area is 188 Å². The minimum absolute atomic E-state index is 0. The van der Waals surface area contributed by atoms with E-state index in [0.717, 1.165) is 28.2 Å². The van der Waals surface area contributed by atoms with E-state index < -0.39 is 35.8 Å². The molecule has 0 bridgehead atoms. The van der Waals surface area contributed by atoms with Crippen molar-refractivity contribution < 1.29 is 19.7 Å². The minimum atomic E-state index is -1.33. The molecule has 3 N–H and O–H groups in total. The summed E-state index contributed by atoms with van der Waals surface area (Å²) in [5.74, 6) is 0. The molecule has 1 saturated heterocycles. The Balaban J connectivity index is 0.00000261. The molecule has 0 aliphatic carbocycles. The SMILES string of the molecule is Cl.O=c1ccn([C@@H]2O[C@H](COCc3sc(Br)c(Br)c3Br)[C@@H](O)[C@H]2O)c(=O)[nH]1. The van der Waals surface area contributed by atoms with Crippen LogP contribution in [0.1, 0.15) is 11.1 Å². The molecule has 1 aliphatic rings. The molecule has 1 aliphatic heterocycles. The summed E-state index contributed by atoms with van der Waals surface area (Å²) in [5.41, 5.74) is -1.29. The lowest BCUT2D eigenvalue weighted by molar-refractivity contribution is -0.0708. The third-order valence-corrected chi connectivity index (χ3v) is 8.89. The van der Waals surface area contributed by atoms with Gasteiger partial charge in [-0.15, -0.1) is 23.7 Å². The van der Waals surface area contributed by atoms with Gasteiger partial charge in [0.2, 0.25) is 0 Å². The highest BCUT2D eigenvalue weighted by Crippen LogP contribution is 2.41. The summed E-state index contributed by atoms with van der Waals surface area (Å²) in [4.78, 5) is 26.0. The summed E-state index contributed by atoms with van der Waals surface area (Å²) in [5, 5.41) is 20.3. The molecule has 4 atom stereocenters. The third kappa shape index (κ3) is 4.93. The van der Waals surface area contributed by atoms with Crippen LogP contribution in [0.25, 0.3) is 0 Å². The molecule has 2 aromatic rings. The first kappa shape index (κ1) is 23.2. The van der Waals surface area contributed by atoms with Crippen LogP contribution >= 0.6 is 71.5 Å². The number of rotatable bonds is 5. The summed E-state index contributed by atoms with van der Waals surface area (Å²) < 4.78 is 14.9. The zero-order valence-electron chi connectivity index (χ0n) is 13.3. The number of H-pyrrole nitrogens is 1. The van der Waals surface area contributed by atoms with E-state index in [0.29, 0.717) is 0 Å². The van der Waals surface area contributed by atoms with Gasteiger partial charge in [-0.25, -0.2) is 4.79 Å². The Kier molecular flexibility index (Phi) is 8.29. The van der Waals surface area contributed by atoms with E-state index in [1.807, 2.05) is 0 Å². The standard InChI is InChI=1S/C14H13Br3N2O6S.ClH/c15-8-6(26-12(17)9(8)16)4-24-3-5-10(21)11(22)13(25-5)19-2-1-7(20)18-14(19)23;/h1-2,5,10-11,13,21-22H,3-4H2,(H,18,20,23);1H/t5-,10-,11-,13-;/m1./s1. The third-order valence-electron chi connectivity index (χ3n) is 3.80. The molecule has 0 aromatic carbocycles. The van der Waals surface area contributed by atoms with Gasteiger partial charge in [0, 0.05) is 21.6 Å². The summed E-state index contributed by atoms with van der Waals surface area (Å²) in [7, 11) is 0. The molecule has 27 heavy (non-hydrogen) atoms.